The van der Waals surface area contributed by atoms with Crippen LogP contribution in [0, 0.1) is 11.3 Å². The lowest BCUT2D eigenvalue weighted by molar-refractivity contribution is -0.138. The minimum absolute atomic E-state index is 0.0105. The fraction of sp³-hybridized carbons (Fsp3) is 0.588. The lowest BCUT2D eigenvalue weighted by atomic mass is 9.73. The topological polar surface area (TPSA) is 71.5 Å². The number of hydrogen-bond donors (Lipinski definition) is 1. The summed E-state index contributed by atoms with van der Waals surface area (Å²) < 4.78 is 5.54. The molecule has 0 saturated carbocycles. The molecule has 0 aliphatic carbocycles. The molecule has 2 aliphatic heterocycles. The van der Waals surface area contributed by atoms with Crippen LogP contribution in [0.3, 0.4) is 0 Å². The maximum absolute atomic E-state index is 12.8. The van der Waals surface area contributed by atoms with E-state index >= 15 is 0 Å². The number of hydrogen-bond acceptors (Lipinski definition) is 4. The number of aryl methyl sites for hydroxylation is 1. The number of aromatic nitrogens is 1. The number of likely N-dealkylation sites (tertiary alicyclic amines) is 1. The summed E-state index contributed by atoms with van der Waals surface area (Å²) in [5, 5.41) is 2.77. The maximum atomic E-state index is 12.8. The van der Waals surface area contributed by atoms with E-state index in [1.807, 2.05) is 19.1 Å². The third kappa shape index (κ3) is 2.72. The number of carbonyl (C=O) groups is 2. The number of pyridine rings is 1. The van der Waals surface area contributed by atoms with Gasteiger partial charge in [-0.05, 0) is 30.5 Å². The first-order chi connectivity index (χ1) is 11.1. The van der Waals surface area contributed by atoms with Gasteiger partial charge in [0.25, 0.3) is 5.91 Å². The summed E-state index contributed by atoms with van der Waals surface area (Å²) in [6.07, 6.45) is 3.19. The molecule has 2 amide bonds. The average Bonchev–Trinajstić information content (AvgIpc) is 3.01. The summed E-state index contributed by atoms with van der Waals surface area (Å²) in [4.78, 5) is 31.2. The highest BCUT2D eigenvalue weighted by Gasteiger charge is 2.54. The molecule has 0 bridgehead atoms. The standard InChI is InChI=1S/C17H23N3O3/c1-3-12-4-6-19-14(8-12)15(21)20-9-13-10-23-7-5-17(13,11-20)16(22)18-2/h4,6,8,13H,3,5,7,9-11H2,1-2H3,(H,18,22)/t13-,17+/m1/s1. The summed E-state index contributed by atoms with van der Waals surface area (Å²) in [6, 6.07) is 3.76. The van der Waals surface area contributed by atoms with E-state index < -0.39 is 5.41 Å². The highest BCUT2D eigenvalue weighted by molar-refractivity contribution is 5.94. The van der Waals surface area contributed by atoms with Crippen molar-refractivity contribution >= 4 is 11.8 Å². The molecule has 2 saturated heterocycles. The lowest BCUT2D eigenvalue weighted by Gasteiger charge is -2.36. The van der Waals surface area contributed by atoms with Crippen molar-refractivity contribution in [1.82, 2.24) is 15.2 Å². The largest absolute Gasteiger partial charge is 0.381 e. The Morgan fingerprint density at radius 2 is 2.35 bits per heavy atom. The summed E-state index contributed by atoms with van der Waals surface area (Å²) >= 11 is 0. The van der Waals surface area contributed by atoms with Gasteiger partial charge < -0.3 is 15.0 Å². The molecule has 1 aromatic rings. The second-order valence-electron chi connectivity index (χ2n) is 6.35. The first-order valence-corrected chi connectivity index (χ1v) is 8.15. The predicted octanol–water partition coefficient (Wildman–Crippen LogP) is 0.869. The highest BCUT2D eigenvalue weighted by atomic mass is 16.5. The van der Waals surface area contributed by atoms with Crippen molar-refractivity contribution in [2.45, 2.75) is 19.8 Å². The molecular formula is C17H23N3O3. The molecule has 0 unspecified atom stereocenters. The Bertz CT molecular complexity index is 619. The van der Waals surface area contributed by atoms with Gasteiger partial charge in [-0.2, -0.15) is 0 Å². The van der Waals surface area contributed by atoms with Gasteiger partial charge in [-0.1, -0.05) is 6.92 Å². The van der Waals surface area contributed by atoms with Crippen molar-refractivity contribution in [2.75, 3.05) is 33.4 Å². The molecule has 124 valence electrons. The number of fused-ring (bicyclic) bond motifs is 1. The van der Waals surface area contributed by atoms with Gasteiger partial charge in [-0.15, -0.1) is 0 Å². The van der Waals surface area contributed by atoms with E-state index in [-0.39, 0.29) is 17.7 Å². The van der Waals surface area contributed by atoms with Crippen molar-refractivity contribution < 1.29 is 14.3 Å². The fourth-order valence-electron chi connectivity index (χ4n) is 3.70. The highest BCUT2D eigenvalue weighted by Crippen LogP contribution is 2.42. The number of nitrogens with zero attached hydrogens (tertiary/aromatic N) is 2. The smallest absolute Gasteiger partial charge is 0.272 e. The molecule has 3 heterocycles. The third-order valence-electron chi connectivity index (χ3n) is 5.13. The van der Waals surface area contributed by atoms with Gasteiger partial charge in [0.05, 0.1) is 12.0 Å². The molecule has 6 heteroatoms. The Morgan fingerprint density at radius 1 is 1.52 bits per heavy atom. The molecule has 2 aliphatic rings. The van der Waals surface area contributed by atoms with Crippen LogP contribution in [0.5, 0.6) is 0 Å². The summed E-state index contributed by atoms with van der Waals surface area (Å²) in [5.41, 5.74) is 1.02. The zero-order valence-electron chi connectivity index (χ0n) is 13.7. The van der Waals surface area contributed by atoms with E-state index in [2.05, 4.69) is 10.3 Å². The lowest BCUT2D eigenvalue weighted by Crippen LogP contribution is -2.49. The van der Waals surface area contributed by atoms with Crippen LogP contribution in [0.2, 0.25) is 0 Å². The van der Waals surface area contributed by atoms with Gasteiger partial charge >= 0.3 is 0 Å². The number of rotatable bonds is 3. The quantitative estimate of drug-likeness (QED) is 0.898. The van der Waals surface area contributed by atoms with Crippen molar-refractivity contribution in [2.24, 2.45) is 11.3 Å². The zero-order valence-corrected chi connectivity index (χ0v) is 13.7. The molecule has 0 spiro atoms. The Morgan fingerprint density at radius 3 is 3.09 bits per heavy atom. The summed E-state index contributed by atoms with van der Waals surface area (Å²) in [5.74, 6) is -0.0381. The predicted molar refractivity (Wildman–Crippen MR) is 84.9 cm³/mol. The number of carbonyl (C=O) groups excluding carboxylic acids is 2. The molecule has 6 nitrogen and oxygen atoms in total. The van der Waals surface area contributed by atoms with Crippen LogP contribution in [-0.4, -0.2) is 55.0 Å². The first-order valence-electron chi connectivity index (χ1n) is 8.15. The van der Waals surface area contributed by atoms with Crippen molar-refractivity contribution in [3.05, 3.63) is 29.6 Å². The fourth-order valence-corrected chi connectivity index (χ4v) is 3.70. The van der Waals surface area contributed by atoms with Gasteiger partial charge in [0.1, 0.15) is 5.69 Å². The third-order valence-corrected chi connectivity index (χ3v) is 5.13. The van der Waals surface area contributed by atoms with Crippen molar-refractivity contribution in [3.8, 4) is 0 Å². The van der Waals surface area contributed by atoms with Crippen LogP contribution in [0.4, 0.5) is 0 Å². The molecule has 2 fully saturated rings. The second-order valence-corrected chi connectivity index (χ2v) is 6.35. The zero-order chi connectivity index (χ0) is 16.4. The molecule has 2 atom stereocenters. The normalized spacial score (nSPS) is 26.7. The molecular weight excluding hydrogens is 294 g/mol. The van der Waals surface area contributed by atoms with E-state index in [4.69, 9.17) is 4.74 Å². The maximum Gasteiger partial charge on any atom is 0.272 e. The molecule has 23 heavy (non-hydrogen) atoms. The van der Waals surface area contributed by atoms with E-state index in [0.717, 1.165) is 12.0 Å². The first kappa shape index (κ1) is 15.9. The van der Waals surface area contributed by atoms with Crippen molar-refractivity contribution in [1.29, 1.82) is 0 Å². The Kier molecular flexibility index (Phi) is 4.35. The van der Waals surface area contributed by atoms with E-state index in [1.165, 1.54) is 0 Å². The van der Waals surface area contributed by atoms with Crippen LogP contribution in [-0.2, 0) is 16.0 Å². The Labute approximate surface area is 136 Å². The van der Waals surface area contributed by atoms with Crippen LogP contribution < -0.4 is 5.32 Å². The van der Waals surface area contributed by atoms with Crippen molar-refractivity contribution in [3.63, 3.8) is 0 Å². The average molecular weight is 317 g/mol. The molecule has 0 radical (unpaired) electrons. The van der Waals surface area contributed by atoms with Gasteiger partial charge in [-0.3, -0.25) is 14.6 Å². The SMILES string of the molecule is CCc1ccnc(C(=O)N2C[C@@H]3COCC[C@]3(C(=O)NC)C2)c1. The van der Waals surface area contributed by atoms with Crippen LogP contribution >= 0.6 is 0 Å². The van der Waals surface area contributed by atoms with E-state index in [9.17, 15) is 9.59 Å². The van der Waals surface area contributed by atoms with Gasteiger partial charge in [-0.25, -0.2) is 0 Å². The molecule has 1 aromatic heterocycles. The Balaban J connectivity index is 1.84. The number of nitrogens with one attached hydrogen (secondary N) is 1. The monoisotopic (exact) mass is 317 g/mol. The van der Waals surface area contributed by atoms with Crippen LogP contribution in [0.25, 0.3) is 0 Å². The number of ether oxygens (including phenoxy) is 1. The summed E-state index contributed by atoms with van der Waals surface area (Å²) in [7, 11) is 1.65. The summed E-state index contributed by atoms with van der Waals surface area (Å²) in [6.45, 7) is 4.13. The van der Waals surface area contributed by atoms with Gasteiger partial charge in [0, 0.05) is 38.9 Å². The van der Waals surface area contributed by atoms with Gasteiger partial charge in [0.15, 0.2) is 0 Å². The van der Waals surface area contributed by atoms with Crippen LogP contribution in [0.15, 0.2) is 18.3 Å². The van der Waals surface area contributed by atoms with E-state index in [0.29, 0.717) is 38.4 Å². The minimum atomic E-state index is -0.523. The molecule has 0 aromatic carbocycles. The van der Waals surface area contributed by atoms with E-state index in [1.54, 1.807) is 18.1 Å². The molecule has 1 N–H and O–H groups in total. The second kappa shape index (κ2) is 6.28. The minimum Gasteiger partial charge on any atom is -0.381 e. The molecule has 3 rings (SSSR count). The van der Waals surface area contributed by atoms with Gasteiger partial charge in [0.2, 0.25) is 5.91 Å². The number of amides is 2. The Hall–Kier alpha value is -1.95. The van der Waals surface area contributed by atoms with Crippen LogP contribution in [0.1, 0.15) is 29.4 Å².